The summed E-state index contributed by atoms with van der Waals surface area (Å²) in [6.45, 7) is 1.80. The second-order valence-corrected chi connectivity index (χ2v) is 5.22. The number of nitro benzene ring substituents is 1. The van der Waals surface area contributed by atoms with Gasteiger partial charge in [0.1, 0.15) is 10.7 Å². The van der Waals surface area contributed by atoms with Crippen LogP contribution in [0.3, 0.4) is 0 Å². The summed E-state index contributed by atoms with van der Waals surface area (Å²) in [5.74, 6) is -1.22. The van der Waals surface area contributed by atoms with Crippen LogP contribution in [0, 0.1) is 10.1 Å². The largest absolute Gasteiger partial charge is 0.507 e. The molecule has 0 saturated heterocycles. The number of rotatable bonds is 6. The first-order valence-corrected chi connectivity index (χ1v) is 7.15. The van der Waals surface area contributed by atoms with Crippen molar-refractivity contribution in [2.24, 2.45) is 0 Å². The molecule has 1 aromatic heterocycles. The molecular weight excluding hydrogens is 326 g/mol. The summed E-state index contributed by atoms with van der Waals surface area (Å²) < 4.78 is 5.21. The van der Waals surface area contributed by atoms with Crippen molar-refractivity contribution >= 4 is 29.5 Å². The van der Waals surface area contributed by atoms with Gasteiger partial charge in [0.15, 0.2) is 0 Å². The Balaban J connectivity index is 2.37. The summed E-state index contributed by atoms with van der Waals surface area (Å²) in [6.07, 6.45) is 1.61. The molecule has 1 heterocycles. The van der Waals surface area contributed by atoms with Gasteiger partial charge in [-0.3, -0.25) is 10.1 Å². The molecule has 0 aliphatic heterocycles. The number of aryl methyl sites for hydroxylation is 1. The second-order valence-electron chi connectivity index (χ2n) is 4.23. The predicted molar refractivity (Wildman–Crippen MR) is 79.9 cm³/mol. The Morgan fingerprint density at radius 3 is 2.78 bits per heavy atom. The fourth-order valence-electron chi connectivity index (χ4n) is 1.56. The van der Waals surface area contributed by atoms with Crippen molar-refractivity contribution in [1.29, 1.82) is 0 Å². The summed E-state index contributed by atoms with van der Waals surface area (Å²) in [5.41, 5.74) is -0.269. The van der Waals surface area contributed by atoms with Crippen LogP contribution in [0.1, 0.15) is 18.4 Å². The third-order valence-corrected chi connectivity index (χ3v) is 3.52. The van der Waals surface area contributed by atoms with Gasteiger partial charge in [-0.05, 0) is 23.9 Å². The van der Waals surface area contributed by atoms with Gasteiger partial charge in [0.05, 0.1) is 4.92 Å². The maximum absolute atomic E-state index is 11.3. The van der Waals surface area contributed by atoms with Gasteiger partial charge in [0.2, 0.25) is 5.89 Å². The van der Waals surface area contributed by atoms with Crippen molar-refractivity contribution < 1.29 is 24.3 Å². The predicted octanol–water partition coefficient (Wildman–Crippen LogP) is 2.46. The summed E-state index contributed by atoms with van der Waals surface area (Å²) >= 11 is 0.691. The number of carbonyl (C=O) groups is 1. The minimum Gasteiger partial charge on any atom is -0.507 e. The highest BCUT2D eigenvalue weighted by Gasteiger charge is 2.17. The molecule has 1 aromatic carbocycles. The van der Waals surface area contributed by atoms with E-state index in [1.54, 1.807) is 6.92 Å². The van der Waals surface area contributed by atoms with Gasteiger partial charge >= 0.3 is 5.97 Å². The van der Waals surface area contributed by atoms with E-state index in [1.807, 2.05) is 0 Å². The number of hydrogen-bond acceptors (Lipinski definition) is 8. The number of thioether (sulfide) groups is 1. The average Bonchev–Trinajstić information content (AvgIpc) is 2.96. The Morgan fingerprint density at radius 2 is 2.22 bits per heavy atom. The lowest BCUT2D eigenvalue weighted by Crippen LogP contribution is -1.97. The van der Waals surface area contributed by atoms with Crippen LogP contribution < -0.4 is 0 Å². The first-order valence-electron chi connectivity index (χ1n) is 6.33. The van der Waals surface area contributed by atoms with Crippen molar-refractivity contribution in [3.05, 3.63) is 44.7 Å². The number of phenolic OH excluding ortho intramolecular Hbond substituents is 1. The Labute approximate surface area is 133 Å². The molecule has 2 N–H and O–H groups in total. The van der Waals surface area contributed by atoms with Crippen molar-refractivity contribution in [2.45, 2.75) is 18.6 Å². The quantitative estimate of drug-likeness (QED) is 0.352. The van der Waals surface area contributed by atoms with Gasteiger partial charge in [0, 0.05) is 24.1 Å². The number of carboxylic acids is 1. The number of non-ortho nitro benzene ring substituents is 1. The van der Waals surface area contributed by atoms with E-state index in [2.05, 4.69) is 10.2 Å². The lowest BCUT2D eigenvalue weighted by atomic mass is 10.1. The lowest BCUT2D eigenvalue weighted by Gasteiger charge is -2.02. The molecule has 0 fully saturated rings. The standard InChI is InChI=1S/C13H11N3O6S/c1-2-11-14-15-13(22-11)23-10(12(18)19)6-7-5-8(16(20)21)3-4-9(7)17/h3-6,17H,2H2,1H3,(H,18,19)/b10-6-. The van der Waals surface area contributed by atoms with E-state index >= 15 is 0 Å². The smallest absolute Gasteiger partial charge is 0.342 e. The number of benzene rings is 1. The fourth-order valence-corrected chi connectivity index (χ4v) is 2.24. The zero-order valence-corrected chi connectivity index (χ0v) is 12.6. The van der Waals surface area contributed by atoms with Crippen LogP contribution in [0.5, 0.6) is 5.75 Å². The van der Waals surface area contributed by atoms with E-state index in [9.17, 15) is 25.1 Å². The van der Waals surface area contributed by atoms with E-state index in [0.29, 0.717) is 24.1 Å². The van der Waals surface area contributed by atoms with Gasteiger partial charge in [-0.1, -0.05) is 6.92 Å². The molecule has 0 atom stereocenters. The molecule has 23 heavy (non-hydrogen) atoms. The minimum atomic E-state index is -1.29. The summed E-state index contributed by atoms with van der Waals surface area (Å²) in [4.78, 5) is 21.2. The number of carboxylic acid groups (broad SMARTS) is 1. The second kappa shape index (κ2) is 6.92. The summed E-state index contributed by atoms with van der Waals surface area (Å²) in [6, 6.07) is 3.31. The number of hydrogen-bond donors (Lipinski definition) is 2. The van der Waals surface area contributed by atoms with Gasteiger partial charge in [-0.25, -0.2) is 4.79 Å². The summed E-state index contributed by atoms with van der Waals surface area (Å²) in [5, 5.41) is 37.2. The fraction of sp³-hybridized carbons (Fsp3) is 0.154. The van der Waals surface area contributed by atoms with Crippen molar-refractivity contribution in [1.82, 2.24) is 10.2 Å². The van der Waals surface area contributed by atoms with E-state index in [0.717, 1.165) is 24.3 Å². The zero-order chi connectivity index (χ0) is 17.0. The Morgan fingerprint density at radius 1 is 1.48 bits per heavy atom. The number of aliphatic carboxylic acids is 1. The number of aromatic nitrogens is 2. The number of phenols is 1. The summed E-state index contributed by atoms with van der Waals surface area (Å²) in [7, 11) is 0. The lowest BCUT2D eigenvalue weighted by molar-refractivity contribution is -0.384. The van der Waals surface area contributed by atoms with Crippen molar-refractivity contribution in [2.75, 3.05) is 0 Å². The first-order chi connectivity index (χ1) is 10.9. The Kier molecular flexibility index (Phi) is 4.96. The van der Waals surface area contributed by atoms with Crippen LogP contribution in [-0.2, 0) is 11.2 Å². The Bertz CT molecular complexity index is 786. The molecule has 0 saturated carbocycles. The molecule has 2 aromatic rings. The van der Waals surface area contributed by atoms with Crippen molar-refractivity contribution in [3.63, 3.8) is 0 Å². The molecule has 120 valence electrons. The third-order valence-electron chi connectivity index (χ3n) is 2.67. The monoisotopic (exact) mass is 337 g/mol. The molecule has 0 bridgehead atoms. The van der Waals surface area contributed by atoms with Crippen LogP contribution in [0.15, 0.2) is 32.7 Å². The molecule has 10 heteroatoms. The van der Waals surface area contributed by atoms with Crippen LogP contribution >= 0.6 is 11.8 Å². The topological polar surface area (TPSA) is 140 Å². The van der Waals surface area contributed by atoms with Gasteiger partial charge in [-0.15, -0.1) is 10.2 Å². The van der Waals surface area contributed by atoms with Crippen LogP contribution in [0.25, 0.3) is 6.08 Å². The number of nitrogens with zero attached hydrogens (tertiary/aromatic N) is 3. The average molecular weight is 337 g/mol. The minimum absolute atomic E-state index is 0.000620. The molecule has 0 amide bonds. The third kappa shape index (κ3) is 4.07. The molecular formula is C13H11N3O6S. The highest BCUT2D eigenvalue weighted by Crippen LogP contribution is 2.31. The van der Waals surface area contributed by atoms with E-state index < -0.39 is 10.9 Å². The maximum atomic E-state index is 11.3. The molecule has 2 rings (SSSR count). The highest BCUT2D eigenvalue weighted by molar-refractivity contribution is 8.03. The molecule has 0 spiro atoms. The van der Waals surface area contributed by atoms with Crippen LogP contribution in [-0.4, -0.2) is 31.3 Å². The van der Waals surface area contributed by atoms with Crippen LogP contribution in [0.2, 0.25) is 0 Å². The zero-order valence-electron chi connectivity index (χ0n) is 11.8. The van der Waals surface area contributed by atoms with Crippen LogP contribution in [0.4, 0.5) is 5.69 Å². The maximum Gasteiger partial charge on any atom is 0.342 e. The van der Waals surface area contributed by atoms with Gasteiger partial charge in [-0.2, -0.15) is 0 Å². The number of nitro groups is 1. The van der Waals surface area contributed by atoms with Gasteiger partial charge in [0.25, 0.3) is 10.9 Å². The molecule has 9 nitrogen and oxygen atoms in total. The number of aromatic hydroxyl groups is 1. The van der Waals surface area contributed by atoms with Gasteiger partial charge < -0.3 is 14.6 Å². The Hall–Kier alpha value is -2.88. The van der Waals surface area contributed by atoms with E-state index in [-0.39, 0.29) is 27.1 Å². The molecule has 0 radical (unpaired) electrons. The van der Waals surface area contributed by atoms with E-state index in [4.69, 9.17) is 4.42 Å². The van der Waals surface area contributed by atoms with Crippen molar-refractivity contribution in [3.8, 4) is 5.75 Å². The normalized spacial score (nSPS) is 11.4. The molecule has 0 aliphatic rings. The van der Waals surface area contributed by atoms with E-state index in [1.165, 1.54) is 0 Å². The SMILES string of the molecule is CCc1nnc(S/C(=C\c2cc([N+](=O)[O-])ccc2O)C(=O)O)o1. The first kappa shape index (κ1) is 16.5. The molecule has 0 unspecified atom stereocenters. The highest BCUT2D eigenvalue weighted by atomic mass is 32.2. The molecule has 0 aliphatic carbocycles.